The SMILES string of the molecule is Cc1cccc(C=Cc2ccc3c(c2)OCC32CCN(CCC(=O)OC(C)(C)C)CC2)c1. The van der Waals surface area contributed by atoms with Crippen molar-refractivity contribution in [1.82, 2.24) is 4.90 Å². The number of nitrogens with zero attached hydrogens (tertiary/aromatic N) is 1. The van der Waals surface area contributed by atoms with Crippen LogP contribution in [0.25, 0.3) is 12.2 Å². The Morgan fingerprint density at radius 3 is 2.50 bits per heavy atom. The van der Waals surface area contributed by atoms with Crippen LogP contribution >= 0.6 is 0 Å². The molecule has 0 aromatic heterocycles. The molecule has 0 radical (unpaired) electrons. The topological polar surface area (TPSA) is 38.8 Å². The van der Waals surface area contributed by atoms with Crippen LogP contribution in [0.5, 0.6) is 5.75 Å². The average Bonchev–Trinajstić information content (AvgIpc) is 3.08. The Hall–Kier alpha value is -2.59. The minimum atomic E-state index is -0.415. The molecule has 1 fully saturated rings. The van der Waals surface area contributed by atoms with Gasteiger partial charge in [0.2, 0.25) is 0 Å². The molecular weight excluding hydrogens is 398 g/mol. The van der Waals surface area contributed by atoms with Crippen LogP contribution in [0, 0.1) is 6.92 Å². The number of carbonyl (C=O) groups excluding carboxylic acids is 1. The highest BCUT2D eigenvalue weighted by Crippen LogP contribution is 2.46. The van der Waals surface area contributed by atoms with Crippen molar-refractivity contribution in [2.45, 2.75) is 58.0 Å². The summed E-state index contributed by atoms with van der Waals surface area (Å²) >= 11 is 0. The van der Waals surface area contributed by atoms with Gasteiger partial charge in [0.05, 0.1) is 13.0 Å². The van der Waals surface area contributed by atoms with Crippen molar-refractivity contribution >= 4 is 18.1 Å². The number of hydrogen-bond acceptors (Lipinski definition) is 4. The molecule has 0 amide bonds. The van der Waals surface area contributed by atoms with E-state index in [4.69, 9.17) is 9.47 Å². The maximum absolute atomic E-state index is 12.0. The summed E-state index contributed by atoms with van der Waals surface area (Å²) < 4.78 is 11.6. The highest BCUT2D eigenvalue weighted by Gasteiger charge is 2.43. The number of piperidine rings is 1. The molecule has 2 aromatic carbocycles. The summed E-state index contributed by atoms with van der Waals surface area (Å²) in [5.74, 6) is 0.914. The van der Waals surface area contributed by atoms with Gasteiger partial charge in [-0.1, -0.05) is 54.1 Å². The lowest BCUT2D eigenvalue weighted by Crippen LogP contribution is -2.44. The van der Waals surface area contributed by atoms with Crippen LogP contribution in [0.4, 0.5) is 0 Å². The predicted molar refractivity (Wildman–Crippen MR) is 130 cm³/mol. The Kier molecular flexibility index (Phi) is 6.43. The third-order valence-corrected chi connectivity index (χ3v) is 6.46. The molecule has 0 saturated carbocycles. The van der Waals surface area contributed by atoms with E-state index in [9.17, 15) is 4.79 Å². The highest BCUT2D eigenvalue weighted by atomic mass is 16.6. The Balaban J connectivity index is 1.35. The highest BCUT2D eigenvalue weighted by molar-refractivity contribution is 5.71. The molecule has 32 heavy (non-hydrogen) atoms. The Morgan fingerprint density at radius 2 is 1.81 bits per heavy atom. The van der Waals surface area contributed by atoms with Crippen LogP contribution in [0.3, 0.4) is 0 Å². The maximum Gasteiger partial charge on any atom is 0.307 e. The number of carbonyl (C=O) groups is 1. The first-order chi connectivity index (χ1) is 15.2. The molecule has 1 saturated heterocycles. The molecule has 0 atom stereocenters. The zero-order valence-electron chi connectivity index (χ0n) is 19.8. The van der Waals surface area contributed by atoms with Gasteiger partial charge in [-0.25, -0.2) is 0 Å². The molecule has 170 valence electrons. The molecular formula is C28H35NO3. The van der Waals surface area contributed by atoms with Gasteiger partial charge in [0.1, 0.15) is 11.4 Å². The van der Waals surface area contributed by atoms with Gasteiger partial charge in [0.15, 0.2) is 0 Å². The minimum absolute atomic E-state index is 0.108. The second kappa shape index (κ2) is 9.11. The monoisotopic (exact) mass is 433 g/mol. The zero-order valence-corrected chi connectivity index (χ0v) is 19.8. The fourth-order valence-electron chi connectivity index (χ4n) is 4.72. The third-order valence-electron chi connectivity index (χ3n) is 6.46. The van der Waals surface area contributed by atoms with Crippen LogP contribution in [0.15, 0.2) is 42.5 Å². The fourth-order valence-corrected chi connectivity index (χ4v) is 4.72. The number of likely N-dealkylation sites (tertiary alicyclic amines) is 1. The zero-order chi connectivity index (χ0) is 22.8. The molecule has 1 spiro atoms. The first-order valence-corrected chi connectivity index (χ1v) is 11.7. The van der Waals surface area contributed by atoms with E-state index in [1.54, 1.807) is 0 Å². The van der Waals surface area contributed by atoms with Crippen LogP contribution in [-0.2, 0) is 14.9 Å². The number of rotatable bonds is 5. The van der Waals surface area contributed by atoms with Gasteiger partial charge < -0.3 is 14.4 Å². The van der Waals surface area contributed by atoms with E-state index in [2.05, 4.69) is 66.4 Å². The first kappa shape index (κ1) is 22.6. The molecule has 0 bridgehead atoms. The van der Waals surface area contributed by atoms with E-state index in [1.165, 1.54) is 16.7 Å². The third kappa shape index (κ3) is 5.42. The summed E-state index contributed by atoms with van der Waals surface area (Å²) in [7, 11) is 0. The Bertz CT molecular complexity index is 994. The van der Waals surface area contributed by atoms with Crippen LogP contribution < -0.4 is 4.74 Å². The van der Waals surface area contributed by atoms with Crippen LogP contribution in [0.2, 0.25) is 0 Å². The van der Waals surface area contributed by atoms with E-state index < -0.39 is 5.60 Å². The summed E-state index contributed by atoms with van der Waals surface area (Å²) in [5.41, 5.74) is 4.68. The van der Waals surface area contributed by atoms with Crippen molar-refractivity contribution in [3.8, 4) is 5.75 Å². The van der Waals surface area contributed by atoms with Gasteiger partial charge in [-0.15, -0.1) is 0 Å². The standard InChI is InChI=1S/C28H35NO3/c1-21-6-5-7-22(18-21)8-9-23-10-11-24-25(19-23)31-20-28(24)13-16-29(17-14-28)15-12-26(30)32-27(2,3)4/h5-11,18-19H,12-17,20H2,1-4H3. The van der Waals surface area contributed by atoms with Crippen molar-refractivity contribution in [1.29, 1.82) is 0 Å². The fraction of sp³-hybridized carbons (Fsp3) is 0.464. The maximum atomic E-state index is 12.0. The number of ether oxygens (including phenoxy) is 2. The Morgan fingerprint density at radius 1 is 1.09 bits per heavy atom. The van der Waals surface area contributed by atoms with Crippen molar-refractivity contribution < 1.29 is 14.3 Å². The number of hydrogen-bond donors (Lipinski definition) is 0. The predicted octanol–water partition coefficient (Wildman–Crippen LogP) is 5.62. The second-order valence-electron chi connectivity index (χ2n) is 10.3. The van der Waals surface area contributed by atoms with Gasteiger partial charge in [0.25, 0.3) is 0 Å². The van der Waals surface area contributed by atoms with Crippen LogP contribution in [-0.4, -0.2) is 42.7 Å². The van der Waals surface area contributed by atoms with E-state index in [1.807, 2.05) is 20.8 Å². The largest absolute Gasteiger partial charge is 0.492 e. The minimum Gasteiger partial charge on any atom is -0.492 e. The number of aryl methyl sites for hydroxylation is 1. The Labute approximate surface area is 192 Å². The average molecular weight is 434 g/mol. The summed E-state index contributed by atoms with van der Waals surface area (Å²) in [6, 6.07) is 15.1. The van der Waals surface area contributed by atoms with E-state index in [-0.39, 0.29) is 11.4 Å². The normalized spacial score (nSPS) is 18.0. The lowest BCUT2D eigenvalue weighted by atomic mass is 9.74. The van der Waals surface area contributed by atoms with Crippen molar-refractivity contribution in [3.63, 3.8) is 0 Å². The summed E-state index contributed by atoms with van der Waals surface area (Å²) in [4.78, 5) is 14.4. The van der Waals surface area contributed by atoms with Gasteiger partial charge in [-0.05, 0) is 70.8 Å². The molecule has 4 rings (SSSR count). The molecule has 2 aliphatic heterocycles. The molecule has 4 heteroatoms. The lowest BCUT2D eigenvalue weighted by molar-refractivity contribution is -0.155. The summed E-state index contributed by atoms with van der Waals surface area (Å²) in [6.45, 7) is 11.4. The second-order valence-corrected chi connectivity index (χ2v) is 10.3. The quantitative estimate of drug-likeness (QED) is 0.453. The molecule has 4 nitrogen and oxygen atoms in total. The van der Waals surface area contributed by atoms with Gasteiger partial charge in [-0.2, -0.15) is 0 Å². The summed E-state index contributed by atoms with van der Waals surface area (Å²) in [6.07, 6.45) is 6.89. The number of benzene rings is 2. The van der Waals surface area contributed by atoms with Crippen molar-refractivity contribution in [2.24, 2.45) is 0 Å². The van der Waals surface area contributed by atoms with Crippen molar-refractivity contribution in [3.05, 3.63) is 64.7 Å². The molecule has 0 N–H and O–H groups in total. The van der Waals surface area contributed by atoms with Crippen molar-refractivity contribution in [2.75, 3.05) is 26.2 Å². The molecule has 2 aromatic rings. The van der Waals surface area contributed by atoms with Gasteiger partial charge in [-0.3, -0.25) is 4.79 Å². The van der Waals surface area contributed by atoms with E-state index in [0.29, 0.717) is 6.42 Å². The van der Waals surface area contributed by atoms with E-state index in [0.717, 1.165) is 50.4 Å². The number of fused-ring (bicyclic) bond motifs is 2. The van der Waals surface area contributed by atoms with Gasteiger partial charge in [0, 0.05) is 17.5 Å². The smallest absolute Gasteiger partial charge is 0.307 e. The molecule has 0 unspecified atom stereocenters. The van der Waals surface area contributed by atoms with E-state index >= 15 is 0 Å². The first-order valence-electron chi connectivity index (χ1n) is 11.7. The summed E-state index contributed by atoms with van der Waals surface area (Å²) in [5, 5.41) is 0. The van der Waals surface area contributed by atoms with Gasteiger partial charge >= 0.3 is 5.97 Å². The molecule has 2 aliphatic rings. The lowest BCUT2D eigenvalue weighted by Gasteiger charge is -2.38. The number of esters is 1. The van der Waals surface area contributed by atoms with Crippen LogP contribution in [0.1, 0.15) is 62.3 Å². The molecule has 2 heterocycles. The molecule has 0 aliphatic carbocycles.